The molecule has 0 radical (unpaired) electrons. The topological polar surface area (TPSA) is 88.2 Å². The van der Waals surface area contributed by atoms with Gasteiger partial charge in [-0.05, 0) is 54.6 Å². The lowest BCUT2D eigenvalue weighted by Crippen LogP contribution is -2.14. The third-order valence-electron chi connectivity index (χ3n) is 4.16. The van der Waals surface area contributed by atoms with Gasteiger partial charge in [-0.15, -0.1) is 0 Å². The average Bonchev–Trinajstić information content (AvgIpc) is 3.11. The molecule has 11 heteroatoms. The van der Waals surface area contributed by atoms with Crippen molar-refractivity contribution in [3.63, 3.8) is 0 Å². The van der Waals surface area contributed by atoms with Crippen molar-refractivity contribution in [2.75, 3.05) is 10.0 Å². The lowest BCUT2D eigenvalue weighted by Gasteiger charge is -2.09. The quantitative estimate of drug-likeness (QED) is 0.447. The molecule has 4 aromatic rings. The molecule has 2 N–H and O–H groups in total. The van der Waals surface area contributed by atoms with E-state index in [1.54, 1.807) is 0 Å². The summed E-state index contributed by atoms with van der Waals surface area (Å²) < 4.78 is 67.3. The Balaban J connectivity index is 1.48. The summed E-state index contributed by atoms with van der Waals surface area (Å²) in [5, 5.41) is 2.59. The fourth-order valence-corrected chi connectivity index (χ4v) is 4.66. The van der Waals surface area contributed by atoms with Gasteiger partial charge in [-0.2, -0.15) is 0 Å². The molecule has 6 nitrogen and oxygen atoms in total. The monoisotopic (exact) mass is 463 g/mol. The minimum atomic E-state index is -3.93. The smallest absolute Gasteiger partial charge is 0.261 e. The van der Waals surface area contributed by atoms with Crippen LogP contribution in [0.15, 0.2) is 65.6 Å². The van der Waals surface area contributed by atoms with Crippen LogP contribution in [0.5, 0.6) is 0 Å². The SMILES string of the molecule is O=C(Nc1nc2c(F)cc(F)cc2s1)c1ccc(NS(=O)(=O)c2ccc(F)cc2)cc1. The van der Waals surface area contributed by atoms with E-state index in [1.807, 2.05) is 0 Å². The van der Waals surface area contributed by atoms with Crippen molar-refractivity contribution >= 4 is 48.3 Å². The summed E-state index contributed by atoms with van der Waals surface area (Å²) in [5.41, 5.74) is 0.335. The highest BCUT2D eigenvalue weighted by Gasteiger charge is 2.16. The Hall–Kier alpha value is -3.44. The van der Waals surface area contributed by atoms with E-state index in [9.17, 15) is 26.4 Å². The third-order valence-corrected chi connectivity index (χ3v) is 6.47. The van der Waals surface area contributed by atoms with Crippen molar-refractivity contribution in [3.8, 4) is 0 Å². The Morgan fingerprint density at radius 1 is 0.903 bits per heavy atom. The van der Waals surface area contributed by atoms with Crippen molar-refractivity contribution in [3.05, 3.63) is 83.7 Å². The van der Waals surface area contributed by atoms with Gasteiger partial charge in [0.2, 0.25) is 0 Å². The number of amides is 1. The first-order chi connectivity index (χ1) is 14.7. The van der Waals surface area contributed by atoms with E-state index in [0.29, 0.717) is 6.07 Å². The Bertz CT molecular complexity index is 1390. The highest BCUT2D eigenvalue weighted by Crippen LogP contribution is 2.29. The minimum Gasteiger partial charge on any atom is -0.298 e. The average molecular weight is 463 g/mol. The molecule has 3 aromatic carbocycles. The molecule has 0 unspecified atom stereocenters. The second kappa shape index (κ2) is 8.00. The Labute approximate surface area is 178 Å². The molecular weight excluding hydrogens is 451 g/mol. The van der Waals surface area contributed by atoms with E-state index in [4.69, 9.17) is 0 Å². The van der Waals surface area contributed by atoms with Gasteiger partial charge < -0.3 is 0 Å². The highest BCUT2D eigenvalue weighted by molar-refractivity contribution is 7.92. The molecule has 1 amide bonds. The summed E-state index contributed by atoms with van der Waals surface area (Å²) in [4.78, 5) is 16.2. The van der Waals surface area contributed by atoms with Crippen LogP contribution in [-0.4, -0.2) is 19.3 Å². The molecule has 0 aliphatic rings. The number of halogens is 3. The zero-order valence-electron chi connectivity index (χ0n) is 15.4. The van der Waals surface area contributed by atoms with Crippen LogP contribution in [-0.2, 0) is 10.0 Å². The van der Waals surface area contributed by atoms with Crippen LogP contribution >= 0.6 is 11.3 Å². The largest absolute Gasteiger partial charge is 0.298 e. The Morgan fingerprint density at radius 3 is 2.26 bits per heavy atom. The van der Waals surface area contributed by atoms with Gasteiger partial charge in [-0.3, -0.25) is 14.8 Å². The standard InChI is InChI=1S/C20H12F3N3O3S2/c21-12-3-7-15(8-4-12)31(28,29)26-14-5-1-11(2-6-14)19(27)25-20-24-18-16(23)9-13(22)10-17(18)30-20/h1-10,26H,(H,24,25,27). The van der Waals surface area contributed by atoms with Gasteiger partial charge in [-0.25, -0.2) is 26.6 Å². The van der Waals surface area contributed by atoms with Gasteiger partial charge >= 0.3 is 0 Å². The Kier molecular flexibility index (Phi) is 5.38. The second-order valence-electron chi connectivity index (χ2n) is 6.34. The summed E-state index contributed by atoms with van der Waals surface area (Å²) >= 11 is 0.917. The Morgan fingerprint density at radius 2 is 1.58 bits per heavy atom. The number of carbonyl (C=O) groups is 1. The molecule has 0 saturated carbocycles. The number of anilines is 2. The lowest BCUT2D eigenvalue weighted by atomic mass is 10.2. The summed E-state index contributed by atoms with van der Waals surface area (Å²) in [6.45, 7) is 0. The van der Waals surface area contributed by atoms with Gasteiger partial charge in [0.25, 0.3) is 15.9 Å². The first-order valence-corrected chi connectivity index (χ1v) is 11.0. The maximum atomic E-state index is 13.8. The number of aromatic nitrogens is 1. The number of sulfonamides is 1. The van der Waals surface area contributed by atoms with Crippen molar-refractivity contribution in [1.82, 2.24) is 4.98 Å². The fraction of sp³-hybridized carbons (Fsp3) is 0. The van der Waals surface area contributed by atoms with Crippen LogP contribution in [0.1, 0.15) is 10.4 Å². The summed E-state index contributed by atoms with van der Waals surface area (Å²) in [7, 11) is -3.93. The number of thiazole rings is 1. The lowest BCUT2D eigenvalue weighted by molar-refractivity contribution is 0.102. The molecular formula is C20H12F3N3O3S2. The number of fused-ring (bicyclic) bond motifs is 1. The maximum Gasteiger partial charge on any atom is 0.261 e. The summed E-state index contributed by atoms with van der Waals surface area (Å²) in [6, 6.07) is 11.7. The molecule has 4 rings (SSSR count). The number of carbonyl (C=O) groups excluding carboxylic acids is 1. The molecule has 1 heterocycles. The zero-order valence-corrected chi connectivity index (χ0v) is 17.0. The normalized spacial score (nSPS) is 11.5. The number of nitrogens with zero attached hydrogens (tertiary/aromatic N) is 1. The van der Waals surface area contributed by atoms with E-state index in [1.165, 1.54) is 24.3 Å². The van der Waals surface area contributed by atoms with Crippen LogP contribution in [0.4, 0.5) is 24.0 Å². The highest BCUT2D eigenvalue weighted by atomic mass is 32.2. The van der Waals surface area contributed by atoms with Gasteiger partial charge in [-0.1, -0.05) is 11.3 Å². The third kappa shape index (κ3) is 4.52. The van der Waals surface area contributed by atoms with E-state index in [-0.39, 0.29) is 31.5 Å². The minimum absolute atomic E-state index is 0.0488. The molecule has 0 aliphatic carbocycles. The molecule has 0 bridgehead atoms. The van der Waals surface area contributed by atoms with Gasteiger partial charge in [0, 0.05) is 17.3 Å². The predicted octanol–water partition coefficient (Wildman–Crippen LogP) is 4.77. The van der Waals surface area contributed by atoms with Gasteiger partial charge in [0.05, 0.1) is 9.60 Å². The van der Waals surface area contributed by atoms with E-state index in [0.717, 1.165) is 41.7 Å². The van der Waals surface area contributed by atoms with Crippen LogP contribution in [0.25, 0.3) is 10.2 Å². The first-order valence-electron chi connectivity index (χ1n) is 8.67. The molecule has 0 fully saturated rings. The molecule has 0 saturated heterocycles. The van der Waals surface area contributed by atoms with E-state index >= 15 is 0 Å². The van der Waals surface area contributed by atoms with Crippen LogP contribution in [0.3, 0.4) is 0 Å². The van der Waals surface area contributed by atoms with E-state index in [2.05, 4.69) is 15.0 Å². The molecule has 31 heavy (non-hydrogen) atoms. The van der Waals surface area contributed by atoms with Crippen molar-refractivity contribution < 1.29 is 26.4 Å². The first kappa shape index (κ1) is 20.8. The molecule has 0 atom stereocenters. The van der Waals surface area contributed by atoms with Crippen molar-refractivity contribution in [1.29, 1.82) is 0 Å². The maximum absolute atomic E-state index is 13.8. The number of hydrogen-bond donors (Lipinski definition) is 2. The zero-order chi connectivity index (χ0) is 22.2. The molecule has 0 aliphatic heterocycles. The van der Waals surface area contributed by atoms with Gasteiger partial charge in [0.1, 0.15) is 17.2 Å². The molecule has 0 spiro atoms. The van der Waals surface area contributed by atoms with Crippen LogP contribution in [0, 0.1) is 17.5 Å². The van der Waals surface area contributed by atoms with Crippen LogP contribution in [0.2, 0.25) is 0 Å². The number of nitrogens with one attached hydrogen (secondary N) is 2. The van der Waals surface area contributed by atoms with Crippen molar-refractivity contribution in [2.24, 2.45) is 0 Å². The predicted molar refractivity (Wildman–Crippen MR) is 111 cm³/mol. The second-order valence-corrected chi connectivity index (χ2v) is 9.06. The number of benzene rings is 3. The molecule has 158 valence electrons. The van der Waals surface area contributed by atoms with Gasteiger partial charge in [0.15, 0.2) is 10.9 Å². The van der Waals surface area contributed by atoms with Crippen LogP contribution < -0.4 is 10.0 Å². The number of hydrogen-bond acceptors (Lipinski definition) is 5. The number of rotatable bonds is 5. The van der Waals surface area contributed by atoms with E-state index < -0.39 is 33.4 Å². The van der Waals surface area contributed by atoms with Crippen molar-refractivity contribution in [2.45, 2.75) is 4.90 Å². The molecule has 1 aromatic heterocycles. The summed E-state index contributed by atoms with van der Waals surface area (Å²) in [6.07, 6.45) is 0. The summed E-state index contributed by atoms with van der Waals surface area (Å²) in [5.74, 6) is -2.70. The fourth-order valence-electron chi connectivity index (χ4n) is 2.70.